The van der Waals surface area contributed by atoms with Crippen LogP contribution in [-0.2, 0) is 4.74 Å². The molecular formula is C25H24N4O3. The third-order valence-electron chi connectivity index (χ3n) is 5.74. The maximum absolute atomic E-state index is 13.2. The summed E-state index contributed by atoms with van der Waals surface area (Å²) in [6, 6.07) is 19.2. The molecule has 2 aromatic heterocycles. The van der Waals surface area contributed by atoms with Gasteiger partial charge in [0, 0.05) is 23.9 Å². The van der Waals surface area contributed by atoms with E-state index >= 15 is 0 Å². The van der Waals surface area contributed by atoms with Crippen molar-refractivity contribution in [2.75, 3.05) is 20.3 Å². The lowest BCUT2D eigenvalue weighted by Gasteiger charge is -2.24. The third-order valence-corrected chi connectivity index (χ3v) is 5.74. The number of hydrogen-bond acceptors (Lipinski definition) is 4. The molecule has 4 aromatic rings. The monoisotopic (exact) mass is 428 g/mol. The van der Waals surface area contributed by atoms with Crippen molar-refractivity contribution in [3.8, 4) is 17.0 Å². The summed E-state index contributed by atoms with van der Waals surface area (Å²) in [5.41, 5.74) is 4.43. The summed E-state index contributed by atoms with van der Waals surface area (Å²) in [7, 11) is 1.62. The second-order valence-electron chi connectivity index (χ2n) is 7.75. The molecule has 7 nitrogen and oxygen atoms in total. The number of methoxy groups -OCH3 is 1. The van der Waals surface area contributed by atoms with E-state index in [9.17, 15) is 4.79 Å². The molecule has 162 valence electrons. The second kappa shape index (κ2) is 8.80. The number of pyridine rings is 1. The van der Waals surface area contributed by atoms with E-state index < -0.39 is 0 Å². The van der Waals surface area contributed by atoms with E-state index in [0.29, 0.717) is 29.2 Å². The fraction of sp³-hybridized carbons (Fsp3) is 0.240. The Kier molecular flexibility index (Phi) is 5.56. The Bertz CT molecular complexity index is 1330. The van der Waals surface area contributed by atoms with Gasteiger partial charge in [0.2, 0.25) is 5.62 Å². The molecule has 0 radical (unpaired) electrons. The molecular weight excluding hydrogens is 404 g/mol. The van der Waals surface area contributed by atoms with E-state index in [-0.39, 0.29) is 11.9 Å². The fourth-order valence-electron chi connectivity index (χ4n) is 4.19. The van der Waals surface area contributed by atoms with Crippen LogP contribution in [-0.4, -0.2) is 40.8 Å². The van der Waals surface area contributed by atoms with Crippen molar-refractivity contribution in [2.24, 2.45) is 4.99 Å². The number of H-pyrrole nitrogens is 1. The molecule has 0 saturated carbocycles. The van der Waals surface area contributed by atoms with E-state index in [0.717, 1.165) is 36.0 Å². The topological polar surface area (TPSA) is 81.5 Å². The van der Waals surface area contributed by atoms with Crippen LogP contribution < -0.4 is 10.4 Å². The van der Waals surface area contributed by atoms with Crippen LogP contribution in [0.15, 0.2) is 71.9 Å². The minimum absolute atomic E-state index is 0.132. The largest absolute Gasteiger partial charge is 0.496 e. The zero-order valence-corrected chi connectivity index (χ0v) is 17.8. The lowest BCUT2D eigenvalue weighted by atomic mass is 10.1. The summed E-state index contributed by atoms with van der Waals surface area (Å²) in [5, 5.41) is 0. The summed E-state index contributed by atoms with van der Waals surface area (Å²) in [4.78, 5) is 25.4. The van der Waals surface area contributed by atoms with Crippen molar-refractivity contribution in [1.29, 1.82) is 0 Å². The van der Waals surface area contributed by atoms with Gasteiger partial charge in [-0.3, -0.25) is 9.78 Å². The van der Waals surface area contributed by atoms with Crippen LogP contribution in [0.25, 0.3) is 22.3 Å². The van der Waals surface area contributed by atoms with Crippen molar-refractivity contribution in [1.82, 2.24) is 14.5 Å². The van der Waals surface area contributed by atoms with E-state index in [1.807, 2.05) is 48.5 Å². The molecule has 0 unspecified atom stereocenters. The average molecular weight is 428 g/mol. The van der Waals surface area contributed by atoms with Gasteiger partial charge >= 0.3 is 0 Å². The van der Waals surface area contributed by atoms with Crippen molar-refractivity contribution in [3.05, 3.63) is 78.0 Å². The second-order valence-corrected chi connectivity index (χ2v) is 7.75. The van der Waals surface area contributed by atoms with Gasteiger partial charge in [-0.15, -0.1) is 0 Å². The van der Waals surface area contributed by atoms with Gasteiger partial charge in [-0.05, 0) is 49.2 Å². The van der Waals surface area contributed by atoms with Gasteiger partial charge in [-0.2, -0.15) is 4.99 Å². The maximum Gasteiger partial charge on any atom is 0.280 e. The van der Waals surface area contributed by atoms with Crippen molar-refractivity contribution in [2.45, 2.75) is 18.9 Å². The highest BCUT2D eigenvalue weighted by Gasteiger charge is 2.20. The summed E-state index contributed by atoms with van der Waals surface area (Å²) in [6.07, 6.45) is 3.59. The standard InChI is InChI=1S/C25H24N4O3/c1-31-23-11-5-2-8-19(23)21-15-17(12-13-26-21)24(30)28-25-27-20-9-3-4-10-22(20)29(25)18-7-6-14-32-16-18/h2-5,8-13,15,18H,6-7,14,16H2,1H3,(H,27,28,30)/t18-/m1/s1. The number of para-hydroxylation sites is 3. The summed E-state index contributed by atoms with van der Waals surface area (Å²) >= 11 is 0. The Hall–Kier alpha value is -3.71. The van der Waals surface area contributed by atoms with Crippen LogP contribution in [0.1, 0.15) is 29.2 Å². The van der Waals surface area contributed by atoms with Crippen LogP contribution in [0.3, 0.4) is 0 Å². The first-order valence-electron chi connectivity index (χ1n) is 10.7. The predicted molar refractivity (Wildman–Crippen MR) is 121 cm³/mol. The summed E-state index contributed by atoms with van der Waals surface area (Å²) in [6.45, 7) is 1.38. The van der Waals surface area contributed by atoms with Crippen molar-refractivity contribution < 1.29 is 14.3 Å². The molecule has 32 heavy (non-hydrogen) atoms. The first-order valence-corrected chi connectivity index (χ1v) is 10.7. The van der Waals surface area contributed by atoms with Gasteiger partial charge < -0.3 is 19.0 Å². The van der Waals surface area contributed by atoms with Crippen LogP contribution in [0.2, 0.25) is 0 Å². The highest BCUT2D eigenvalue weighted by molar-refractivity contribution is 5.96. The van der Waals surface area contributed by atoms with E-state index in [4.69, 9.17) is 9.47 Å². The molecule has 1 fully saturated rings. The first-order chi connectivity index (χ1) is 15.7. The number of aromatic amines is 1. The zero-order chi connectivity index (χ0) is 21.9. The lowest BCUT2D eigenvalue weighted by molar-refractivity contribution is 0.0590. The SMILES string of the molecule is COc1ccccc1-c1cc(C(=O)/N=c2\[nH]c3ccccc3n2[C@@H]2CCCOC2)ccn1. The molecule has 7 heteroatoms. The number of ether oxygens (including phenoxy) is 2. The van der Waals surface area contributed by atoms with E-state index in [1.165, 1.54) is 0 Å². The zero-order valence-electron chi connectivity index (χ0n) is 17.8. The molecule has 0 spiro atoms. The number of hydrogen-bond donors (Lipinski definition) is 1. The maximum atomic E-state index is 13.2. The molecule has 3 heterocycles. The number of carbonyl (C=O) groups is 1. The number of nitrogens with one attached hydrogen (secondary N) is 1. The number of fused-ring (bicyclic) bond motifs is 1. The smallest absolute Gasteiger partial charge is 0.280 e. The van der Waals surface area contributed by atoms with Gasteiger partial charge in [0.15, 0.2) is 0 Å². The Morgan fingerprint density at radius 3 is 2.88 bits per heavy atom. The summed E-state index contributed by atoms with van der Waals surface area (Å²) in [5.74, 6) is 0.368. The van der Waals surface area contributed by atoms with Gasteiger partial charge in [0.1, 0.15) is 5.75 Å². The number of imidazole rings is 1. The average Bonchev–Trinajstić information content (AvgIpc) is 3.22. The highest BCUT2D eigenvalue weighted by atomic mass is 16.5. The molecule has 5 rings (SSSR count). The van der Waals surface area contributed by atoms with Crippen LogP contribution in [0, 0.1) is 0 Å². The number of nitrogens with zero attached hydrogens (tertiary/aromatic N) is 3. The number of rotatable bonds is 4. The van der Waals surface area contributed by atoms with E-state index in [1.54, 1.807) is 25.4 Å². The van der Waals surface area contributed by atoms with Gasteiger partial charge in [-0.1, -0.05) is 24.3 Å². The molecule has 1 atom stereocenters. The van der Waals surface area contributed by atoms with Crippen molar-refractivity contribution >= 4 is 16.9 Å². The Morgan fingerprint density at radius 2 is 2.03 bits per heavy atom. The number of benzene rings is 2. The quantitative estimate of drug-likeness (QED) is 0.530. The van der Waals surface area contributed by atoms with Crippen LogP contribution in [0.4, 0.5) is 0 Å². The normalized spacial score (nSPS) is 16.9. The number of amides is 1. The van der Waals surface area contributed by atoms with Gasteiger partial charge in [0.05, 0.1) is 36.5 Å². The molecule has 1 N–H and O–H groups in total. The molecule has 1 amide bonds. The van der Waals surface area contributed by atoms with Crippen LogP contribution >= 0.6 is 0 Å². The Balaban J connectivity index is 1.57. The number of carbonyl (C=O) groups excluding carboxylic acids is 1. The molecule has 1 aliphatic heterocycles. The third kappa shape index (κ3) is 3.83. The Morgan fingerprint density at radius 1 is 1.19 bits per heavy atom. The van der Waals surface area contributed by atoms with Crippen molar-refractivity contribution in [3.63, 3.8) is 0 Å². The van der Waals surface area contributed by atoms with Gasteiger partial charge in [-0.25, -0.2) is 0 Å². The highest BCUT2D eigenvalue weighted by Crippen LogP contribution is 2.28. The Labute approximate surface area is 185 Å². The molecule has 1 saturated heterocycles. The van der Waals surface area contributed by atoms with E-state index in [2.05, 4.69) is 19.5 Å². The summed E-state index contributed by atoms with van der Waals surface area (Å²) < 4.78 is 13.2. The van der Waals surface area contributed by atoms with Crippen LogP contribution in [0.5, 0.6) is 5.75 Å². The molecule has 0 aliphatic carbocycles. The fourth-order valence-corrected chi connectivity index (χ4v) is 4.19. The number of aromatic nitrogens is 3. The molecule has 1 aliphatic rings. The molecule has 0 bridgehead atoms. The predicted octanol–water partition coefficient (Wildman–Crippen LogP) is 4.13. The minimum atomic E-state index is -0.333. The minimum Gasteiger partial charge on any atom is -0.496 e. The molecule has 2 aromatic carbocycles. The van der Waals surface area contributed by atoms with Gasteiger partial charge in [0.25, 0.3) is 5.91 Å². The first kappa shape index (κ1) is 20.2. The lowest BCUT2D eigenvalue weighted by Crippen LogP contribution is -2.30.